The van der Waals surface area contributed by atoms with Crippen molar-refractivity contribution < 1.29 is 13.5 Å². The normalized spacial score (nSPS) is 10.6. The van der Waals surface area contributed by atoms with E-state index in [9.17, 15) is 8.78 Å². The van der Waals surface area contributed by atoms with Gasteiger partial charge in [0.1, 0.15) is 5.75 Å². The van der Waals surface area contributed by atoms with Gasteiger partial charge in [-0.1, -0.05) is 17.7 Å². The first-order chi connectivity index (χ1) is 8.13. The fraction of sp³-hybridized carbons (Fsp3) is 0.333. The second-order valence-electron chi connectivity index (χ2n) is 3.38. The van der Waals surface area contributed by atoms with Crippen molar-refractivity contribution in [2.75, 3.05) is 6.54 Å². The summed E-state index contributed by atoms with van der Waals surface area (Å²) < 4.78 is 28.7. The third-order valence-corrected chi connectivity index (χ3v) is 2.31. The second-order valence-corrected chi connectivity index (χ2v) is 3.82. The van der Waals surface area contributed by atoms with E-state index in [0.717, 1.165) is 13.0 Å². The first-order valence-corrected chi connectivity index (χ1v) is 5.56. The zero-order chi connectivity index (χ0) is 12.7. The summed E-state index contributed by atoms with van der Waals surface area (Å²) in [6.07, 6.45) is 2.59. The van der Waals surface area contributed by atoms with Crippen LogP contribution in [0.25, 0.3) is 0 Å². The zero-order valence-electron chi connectivity index (χ0n) is 9.26. The number of hydrogen-bond acceptors (Lipinski definition) is 2. The van der Waals surface area contributed by atoms with E-state index in [1.54, 1.807) is 12.1 Å². The molecule has 0 saturated carbocycles. The highest BCUT2D eigenvalue weighted by Crippen LogP contribution is 2.24. The molecule has 0 radical (unpaired) electrons. The quantitative estimate of drug-likeness (QED) is 0.598. The average Bonchev–Trinajstić information content (AvgIpc) is 2.27. The summed E-state index contributed by atoms with van der Waals surface area (Å²) in [6, 6.07) is 4.58. The van der Waals surface area contributed by atoms with E-state index >= 15 is 0 Å². The molecule has 0 aliphatic carbocycles. The van der Waals surface area contributed by atoms with E-state index in [1.807, 2.05) is 0 Å². The number of ether oxygens (including phenoxy) is 1. The van der Waals surface area contributed by atoms with Gasteiger partial charge in [-0.25, -0.2) is 0 Å². The van der Waals surface area contributed by atoms with Gasteiger partial charge in [0.15, 0.2) is 0 Å². The number of hydrogen-bond donors (Lipinski definition) is 1. The maximum Gasteiger partial charge on any atom is 0.387 e. The molecule has 1 N–H and O–H groups in total. The molecule has 0 saturated heterocycles. The molecule has 1 aromatic rings. The van der Waals surface area contributed by atoms with Crippen LogP contribution in [0, 0.1) is 0 Å². The lowest BCUT2D eigenvalue weighted by Gasteiger charge is -2.11. The predicted octanol–water partition coefficient (Wildman–Crippen LogP) is 3.61. The Kier molecular flexibility index (Phi) is 5.94. The van der Waals surface area contributed by atoms with E-state index in [4.69, 9.17) is 11.6 Å². The van der Waals surface area contributed by atoms with Crippen LogP contribution in [0.4, 0.5) is 8.78 Å². The van der Waals surface area contributed by atoms with Crippen LogP contribution in [0.5, 0.6) is 5.75 Å². The third-order valence-electron chi connectivity index (χ3n) is 2.08. The van der Waals surface area contributed by atoms with E-state index in [1.165, 1.54) is 12.1 Å². The Bertz CT molecular complexity index is 372. The fourth-order valence-corrected chi connectivity index (χ4v) is 1.52. The van der Waals surface area contributed by atoms with E-state index in [0.29, 0.717) is 17.1 Å². The van der Waals surface area contributed by atoms with Crippen molar-refractivity contribution >= 4 is 11.6 Å². The van der Waals surface area contributed by atoms with E-state index in [2.05, 4.69) is 16.6 Å². The fourth-order valence-electron chi connectivity index (χ4n) is 1.32. The maximum absolute atomic E-state index is 12.2. The van der Waals surface area contributed by atoms with Crippen LogP contribution in [0.2, 0.25) is 5.02 Å². The van der Waals surface area contributed by atoms with Crippen LogP contribution in [-0.2, 0) is 6.54 Å². The molecule has 0 amide bonds. The molecule has 0 aliphatic heterocycles. The molecule has 0 aromatic heterocycles. The maximum atomic E-state index is 12.2. The van der Waals surface area contributed by atoms with Crippen molar-refractivity contribution in [2.45, 2.75) is 19.6 Å². The van der Waals surface area contributed by atoms with Gasteiger partial charge in [-0.15, -0.1) is 6.58 Å². The lowest BCUT2D eigenvalue weighted by molar-refractivity contribution is -0.0504. The standard InChI is InChI=1S/C12H14ClF2NO/c1-2-3-6-16-8-9-7-10(13)4-5-11(9)17-12(14)15/h2,4-5,7,12,16H,1,3,6,8H2. The lowest BCUT2D eigenvalue weighted by atomic mass is 10.2. The van der Waals surface area contributed by atoms with Gasteiger partial charge < -0.3 is 10.1 Å². The first-order valence-electron chi connectivity index (χ1n) is 5.18. The third kappa shape index (κ3) is 5.15. The van der Waals surface area contributed by atoms with Crippen LogP contribution in [0.3, 0.4) is 0 Å². The average molecular weight is 262 g/mol. The summed E-state index contributed by atoms with van der Waals surface area (Å²) in [5, 5.41) is 3.58. The molecule has 0 unspecified atom stereocenters. The van der Waals surface area contributed by atoms with E-state index < -0.39 is 6.61 Å². The molecule has 0 atom stereocenters. The van der Waals surface area contributed by atoms with Gasteiger partial charge in [0, 0.05) is 17.1 Å². The minimum absolute atomic E-state index is 0.149. The van der Waals surface area contributed by atoms with Gasteiger partial charge in [0.05, 0.1) is 0 Å². The Labute approximate surface area is 104 Å². The minimum Gasteiger partial charge on any atom is -0.434 e. The van der Waals surface area contributed by atoms with Crippen LogP contribution >= 0.6 is 11.6 Å². The molecule has 0 heterocycles. The molecule has 0 bridgehead atoms. The summed E-state index contributed by atoms with van der Waals surface area (Å²) >= 11 is 5.81. The predicted molar refractivity (Wildman–Crippen MR) is 64.6 cm³/mol. The van der Waals surface area contributed by atoms with Gasteiger partial charge in [0.2, 0.25) is 0 Å². The number of benzene rings is 1. The number of rotatable bonds is 7. The van der Waals surface area contributed by atoms with Crippen LogP contribution in [0.1, 0.15) is 12.0 Å². The minimum atomic E-state index is -2.83. The highest BCUT2D eigenvalue weighted by Gasteiger charge is 2.09. The van der Waals surface area contributed by atoms with E-state index in [-0.39, 0.29) is 5.75 Å². The monoisotopic (exact) mass is 261 g/mol. The molecule has 5 heteroatoms. The molecule has 1 rings (SSSR count). The smallest absolute Gasteiger partial charge is 0.387 e. The molecule has 17 heavy (non-hydrogen) atoms. The largest absolute Gasteiger partial charge is 0.434 e. The summed E-state index contributed by atoms with van der Waals surface area (Å²) in [4.78, 5) is 0. The molecular formula is C12H14ClF2NO. The van der Waals surface area contributed by atoms with Crippen LogP contribution < -0.4 is 10.1 Å². The van der Waals surface area contributed by atoms with Gasteiger partial charge in [-0.3, -0.25) is 0 Å². The molecule has 94 valence electrons. The van der Waals surface area contributed by atoms with Crippen LogP contribution in [-0.4, -0.2) is 13.2 Å². The summed E-state index contributed by atoms with van der Waals surface area (Å²) in [6.45, 7) is 1.91. The SMILES string of the molecule is C=CCCNCc1cc(Cl)ccc1OC(F)F. The lowest BCUT2D eigenvalue weighted by Crippen LogP contribution is -2.15. The molecule has 0 spiro atoms. The molecule has 1 aromatic carbocycles. The number of alkyl halides is 2. The molecule has 0 aliphatic rings. The van der Waals surface area contributed by atoms with Crippen molar-refractivity contribution in [3.8, 4) is 5.75 Å². The molecule has 2 nitrogen and oxygen atoms in total. The van der Waals surface area contributed by atoms with Crippen molar-refractivity contribution in [1.82, 2.24) is 5.32 Å². The topological polar surface area (TPSA) is 21.3 Å². The highest BCUT2D eigenvalue weighted by molar-refractivity contribution is 6.30. The van der Waals surface area contributed by atoms with Crippen molar-refractivity contribution in [3.63, 3.8) is 0 Å². The van der Waals surface area contributed by atoms with Crippen molar-refractivity contribution in [2.24, 2.45) is 0 Å². The number of nitrogens with one attached hydrogen (secondary N) is 1. The van der Waals surface area contributed by atoms with Gasteiger partial charge >= 0.3 is 6.61 Å². The molecular weight excluding hydrogens is 248 g/mol. The summed E-state index contributed by atoms with van der Waals surface area (Å²) in [7, 11) is 0. The number of halogens is 3. The Morgan fingerprint density at radius 1 is 1.47 bits per heavy atom. The second kappa shape index (κ2) is 7.25. The first kappa shape index (κ1) is 13.9. The summed E-state index contributed by atoms with van der Waals surface area (Å²) in [5.74, 6) is 0.149. The Morgan fingerprint density at radius 2 is 2.24 bits per heavy atom. The van der Waals surface area contributed by atoms with Gasteiger partial charge in [-0.05, 0) is 31.2 Å². The highest BCUT2D eigenvalue weighted by atomic mass is 35.5. The Morgan fingerprint density at radius 3 is 2.88 bits per heavy atom. The van der Waals surface area contributed by atoms with Crippen molar-refractivity contribution in [1.29, 1.82) is 0 Å². The van der Waals surface area contributed by atoms with Gasteiger partial charge in [-0.2, -0.15) is 8.78 Å². The van der Waals surface area contributed by atoms with Gasteiger partial charge in [0.25, 0.3) is 0 Å². The zero-order valence-corrected chi connectivity index (χ0v) is 10.0. The Balaban J connectivity index is 2.65. The molecule has 0 fully saturated rings. The Hall–Kier alpha value is -1.13. The summed E-state index contributed by atoms with van der Waals surface area (Å²) in [5.41, 5.74) is 0.613. The van der Waals surface area contributed by atoms with Crippen LogP contribution in [0.15, 0.2) is 30.9 Å². The van der Waals surface area contributed by atoms with Crippen molar-refractivity contribution in [3.05, 3.63) is 41.4 Å².